The number of thioether (sulfide) groups is 1. The normalized spacial score (nSPS) is 18.5. The van der Waals surface area contributed by atoms with Crippen molar-refractivity contribution in [1.29, 1.82) is 0 Å². The number of piperazine rings is 1. The van der Waals surface area contributed by atoms with Crippen molar-refractivity contribution in [2.24, 2.45) is 11.8 Å². The van der Waals surface area contributed by atoms with Gasteiger partial charge in [-0.25, -0.2) is 13.2 Å². The van der Waals surface area contributed by atoms with Crippen LogP contribution in [0.3, 0.4) is 0 Å². The number of aromatic nitrogens is 1. The summed E-state index contributed by atoms with van der Waals surface area (Å²) in [5.41, 5.74) is 7.81. The van der Waals surface area contributed by atoms with Gasteiger partial charge in [0.1, 0.15) is 0 Å². The first-order chi connectivity index (χ1) is 35.1. The molecule has 386 valence electrons. The number of carboxylic acid groups (broad SMARTS) is 1. The van der Waals surface area contributed by atoms with Gasteiger partial charge >= 0.3 is 13.5 Å². The van der Waals surface area contributed by atoms with Gasteiger partial charge in [0.2, 0.25) is 0 Å². The highest BCUT2D eigenvalue weighted by atomic mass is 35.5. The molecular formula is C57H67ClN5O7PS2. The molecule has 0 radical (unpaired) electrons. The van der Waals surface area contributed by atoms with Gasteiger partial charge in [-0.15, -0.1) is 11.8 Å². The van der Waals surface area contributed by atoms with Crippen LogP contribution in [0, 0.1) is 18.8 Å². The summed E-state index contributed by atoms with van der Waals surface area (Å²) in [6.45, 7) is 12.7. The Bertz CT molecular complexity index is 3050. The van der Waals surface area contributed by atoms with E-state index in [-0.39, 0.29) is 30.1 Å². The SMILES string of the molecule is Cc1c(C(=O)O)c(-c2cccc(N3CCN(c4ccc(N5CCO[P@@]5(=O)c5ccc(C[C@H](CCN6CCC(CO)CC6)CSc6ccccc6)c(S(C)(=O)=O)c5)cc4)CC3)c2)c(-c2ccc(Cl)cc2)n1C(C)C. The molecule has 2 atom stereocenters. The van der Waals surface area contributed by atoms with Crippen LogP contribution in [0.4, 0.5) is 17.1 Å². The minimum absolute atomic E-state index is 0.0195. The van der Waals surface area contributed by atoms with Crippen LogP contribution in [0.1, 0.15) is 60.8 Å². The first kappa shape index (κ1) is 52.8. The molecule has 5 aromatic carbocycles. The average molecular weight is 1060 g/mol. The number of piperidine rings is 1. The van der Waals surface area contributed by atoms with Crippen LogP contribution in [0.25, 0.3) is 22.4 Å². The van der Waals surface area contributed by atoms with Crippen LogP contribution in [-0.2, 0) is 25.3 Å². The van der Waals surface area contributed by atoms with Crippen LogP contribution in [0.5, 0.6) is 0 Å². The number of anilines is 3. The molecule has 0 bridgehead atoms. The number of aliphatic hydroxyl groups is 1. The smallest absolute Gasteiger partial charge is 0.338 e. The van der Waals surface area contributed by atoms with Gasteiger partial charge in [-0.1, -0.05) is 60.1 Å². The molecule has 0 aliphatic carbocycles. The first-order valence-corrected chi connectivity index (χ1v) is 30.3. The number of likely N-dealkylation sites (tertiary alicyclic amines) is 1. The molecule has 6 aromatic rings. The monoisotopic (exact) mass is 1060 g/mol. The molecule has 9 rings (SSSR count). The minimum atomic E-state index is -3.70. The van der Waals surface area contributed by atoms with Crippen molar-refractivity contribution in [3.63, 3.8) is 0 Å². The molecule has 1 aromatic heterocycles. The van der Waals surface area contributed by atoms with E-state index < -0.39 is 23.3 Å². The number of rotatable bonds is 18. The third-order valence-electron chi connectivity index (χ3n) is 14.8. The Kier molecular flexibility index (Phi) is 16.5. The summed E-state index contributed by atoms with van der Waals surface area (Å²) in [6.07, 6.45) is 4.68. The second-order valence-electron chi connectivity index (χ2n) is 20.0. The Morgan fingerprint density at radius 3 is 2.12 bits per heavy atom. The zero-order chi connectivity index (χ0) is 51.4. The van der Waals surface area contributed by atoms with E-state index in [0.29, 0.717) is 46.0 Å². The van der Waals surface area contributed by atoms with E-state index in [9.17, 15) is 23.4 Å². The predicted molar refractivity (Wildman–Crippen MR) is 299 cm³/mol. The summed E-state index contributed by atoms with van der Waals surface area (Å²) >= 11 is 8.08. The largest absolute Gasteiger partial charge is 0.478 e. The van der Waals surface area contributed by atoms with Crippen molar-refractivity contribution in [3.8, 4) is 22.4 Å². The number of carboxylic acids is 1. The highest BCUT2D eigenvalue weighted by molar-refractivity contribution is 7.99. The molecule has 3 aliphatic rings. The standard InChI is InChI=1S/C57H67ClN5O7PS2/c1-40(2)63-41(3)54(57(65)66)55(56(63)44-13-16-47(58)17-14-44)46-9-8-10-50(36-46)61-31-29-60(30-32-61)48-18-20-49(21-19-48)62-33-34-70-71(62,67)51-22-15-45(53(37-51)73(4,68)69)35-43(39-72-52-11-6-5-7-12-52)25-28-59-26-23-42(38-64)24-27-59/h5-22,36-37,40,42-43,64H,23-35,38-39H2,1-4H3,(H,65,66)/t43-,71-/m0/s1. The van der Waals surface area contributed by atoms with Crippen molar-refractivity contribution in [1.82, 2.24) is 9.47 Å². The van der Waals surface area contributed by atoms with Crippen molar-refractivity contribution in [2.75, 3.05) is 92.1 Å². The number of aromatic carboxylic acids is 1. The topological polar surface area (TPSA) is 136 Å². The second-order valence-corrected chi connectivity index (χ2v) is 25.8. The van der Waals surface area contributed by atoms with E-state index >= 15 is 4.57 Å². The Morgan fingerprint density at radius 2 is 1.48 bits per heavy atom. The van der Waals surface area contributed by atoms with Gasteiger partial charge in [-0.05, 0) is 167 Å². The summed E-state index contributed by atoms with van der Waals surface area (Å²) in [5, 5.41) is 21.2. The lowest BCUT2D eigenvalue weighted by Crippen LogP contribution is -2.46. The Morgan fingerprint density at radius 1 is 0.808 bits per heavy atom. The zero-order valence-electron chi connectivity index (χ0n) is 42.2. The Balaban J connectivity index is 0.893. The molecule has 3 aliphatic heterocycles. The Hall–Kier alpha value is -5.05. The van der Waals surface area contributed by atoms with Gasteiger partial charge in [-0.3, -0.25) is 9.24 Å². The van der Waals surface area contributed by atoms with Gasteiger partial charge < -0.3 is 34.0 Å². The number of carbonyl (C=O) groups is 1. The summed E-state index contributed by atoms with van der Waals surface area (Å²) in [4.78, 5) is 21.4. The second kappa shape index (κ2) is 22.8. The highest BCUT2D eigenvalue weighted by Gasteiger charge is 2.41. The average Bonchev–Trinajstić information content (AvgIpc) is 3.95. The van der Waals surface area contributed by atoms with E-state index in [1.54, 1.807) is 28.6 Å². The van der Waals surface area contributed by atoms with E-state index in [4.69, 9.17) is 16.1 Å². The van der Waals surface area contributed by atoms with E-state index in [1.165, 1.54) is 11.2 Å². The van der Waals surface area contributed by atoms with Gasteiger partial charge in [-0.2, -0.15) is 0 Å². The van der Waals surface area contributed by atoms with Crippen LogP contribution in [0.15, 0.2) is 131 Å². The lowest BCUT2D eigenvalue weighted by molar-refractivity contribution is 0.0696. The number of nitrogens with zero attached hydrogens (tertiary/aromatic N) is 5. The summed E-state index contributed by atoms with van der Waals surface area (Å²) in [7, 11) is -7.37. The molecule has 3 fully saturated rings. The molecule has 3 saturated heterocycles. The van der Waals surface area contributed by atoms with Gasteiger partial charge in [0.15, 0.2) is 9.84 Å². The fourth-order valence-corrected chi connectivity index (χ4v) is 15.4. The lowest BCUT2D eigenvalue weighted by atomic mass is 9.95. The van der Waals surface area contributed by atoms with Crippen molar-refractivity contribution in [2.45, 2.75) is 62.3 Å². The van der Waals surface area contributed by atoms with Crippen LogP contribution in [-0.4, -0.2) is 112 Å². The van der Waals surface area contributed by atoms with E-state index in [1.807, 2.05) is 79.7 Å². The summed E-state index contributed by atoms with van der Waals surface area (Å²) in [5.74, 6) is 0.421. The third-order valence-corrected chi connectivity index (χ3v) is 20.0. The lowest BCUT2D eigenvalue weighted by Gasteiger charge is -2.37. The van der Waals surface area contributed by atoms with Gasteiger partial charge in [0.25, 0.3) is 0 Å². The van der Waals surface area contributed by atoms with Gasteiger partial charge in [0, 0.05) is 89.1 Å². The molecule has 4 heterocycles. The van der Waals surface area contributed by atoms with Crippen molar-refractivity contribution >= 4 is 69.1 Å². The third kappa shape index (κ3) is 11.8. The van der Waals surface area contributed by atoms with Crippen LogP contribution < -0.4 is 19.8 Å². The minimum Gasteiger partial charge on any atom is -0.478 e. The summed E-state index contributed by atoms with van der Waals surface area (Å²) in [6, 6.07) is 39.4. The number of halogens is 1. The number of sulfone groups is 1. The fraction of sp³-hybridized carbons (Fsp3) is 0.386. The van der Waals surface area contributed by atoms with Crippen LogP contribution in [0.2, 0.25) is 5.02 Å². The molecule has 2 N–H and O–H groups in total. The maximum Gasteiger partial charge on any atom is 0.338 e. The first-order valence-electron chi connectivity index (χ1n) is 25.4. The predicted octanol–water partition coefficient (Wildman–Crippen LogP) is 11.2. The number of benzene rings is 5. The van der Waals surface area contributed by atoms with Crippen LogP contribution >= 0.6 is 30.9 Å². The number of hydrogen-bond acceptors (Lipinski definition) is 10. The zero-order valence-corrected chi connectivity index (χ0v) is 45.5. The molecule has 16 heteroatoms. The molecule has 0 spiro atoms. The maximum absolute atomic E-state index is 15.0. The van der Waals surface area contributed by atoms with Crippen molar-refractivity contribution < 1.29 is 32.5 Å². The van der Waals surface area contributed by atoms with E-state index in [0.717, 1.165) is 110 Å². The number of aliphatic hydroxyl groups excluding tert-OH is 1. The van der Waals surface area contributed by atoms with E-state index in [2.05, 4.69) is 69.5 Å². The molecule has 12 nitrogen and oxygen atoms in total. The Labute approximate surface area is 440 Å². The summed E-state index contributed by atoms with van der Waals surface area (Å²) < 4.78 is 52.2. The highest BCUT2D eigenvalue weighted by Crippen LogP contribution is 2.56. The maximum atomic E-state index is 15.0. The fourth-order valence-electron chi connectivity index (χ4n) is 10.9. The number of hydrogen-bond donors (Lipinski definition) is 2. The molecule has 73 heavy (non-hydrogen) atoms. The van der Waals surface area contributed by atoms with Gasteiger partial charge in [0.05, 0.1) is 34.6 Å². The molecule has 0 amide bonds. The molecule has 0 unspecified atom stereocenters. The van der Waals surface area contributed by atoms with Crippen molar-refractivity contribution in [3.05, 3.63) is 143 Å². The molecule has 0 saturated carbocycles. The quantitative estimate of drug-likeness (QED) is 0.0626. The molecular weight excluding hydrogens is 997 g/mol.